The highest BCUT2D eigenvalue weighted by atomic mass is 16.5. The fourth-order valence-corrected chi connectivity index (χ4v) is 1.97. The normalized spacial score (nSPS) is 25.6. The van der Waals surface area contributed by atoms with Crippen molar-refractivity contribution in [2.75, 3.05) is 13.7 Å². The fourth-order valence-electron chi connectivity index (χ4n) is 1.97. The Morgan fingerprint density at radius 3 is 2.71 bits per heavy atom. The first kappa shape index (κ1) is 9.53. The Hall–Kier alpha value is -1.02. The van der Waals surface area contributed by atoms with Gasteiger partial charge in [0.05, 0.1) is 7.11 Å². The van der Waals surface area contributed by atoms with Crippen molar-refractivity contribution < 1.29 is 4.74 Å². The summed E-state index contributed by atoms with van der Waals surface area (Å²) < 4.78 is 5.33. The summed E-state index contributed by atoms with van der Waals surface area (Å²) in [6, 6.07) is 8.25. The number of nitrogens with one attached hydrogen (secondary N) is 1. The molecule has 0 aliphatic carbocycles. The summed E-state index contributed by atoms with van der Waals surface area (Å²) in [5.74, 6) is 1.00. The molecular weight excluding hydrogens is 174 g/mol. The molecule has 2 heteroatoms. The molecule has 0 radical (unpaired) electrons. The van der Waals surface area contributed by atoms with Gasteiger partial charge in [0.15, 0.2) is 0 Å². The van der Waals surface area contributed by atoms with E-state index < -0.39 is 0 Å². The minimum Gasteiger partial charge on any atom is -0.496 e. The molecule has 0 aromatic heterocycles. The van der Waals surface area contributed by atoms with Crippen LogP contribution in [0.1, 0.15) is 18.9 Å². The van der Waals surface area contributed by atoms with Crippen LogP contribution in [0.3, 0.4) is 0 Å². The van der Waals surface area contributed by atoms with Gasteiger partial charge in [-0.3, -0.25) is 0 Å². The van der Waals surface area contributed by atoms with E-state index in [2.05, 4.69) is 24.4 Å². The minimum absolute atomic E-state index is 0.286. The number of methoxy groups -OCH3 is 1. The first-order valence-electron chi connectivity index (χ1n) is 5.10. The molecule has 1 aromatic carbocycles. The first-order chi connectivity index (χ1) is 6.73. The van der Waals surface area contributed by atoms with Gasteiger partial charge >= 0.3 is 0 Å². The lowest BCUT2D eigenvalue weighted by Gasteiger charge is -2.40. The van der Waals surface area contributed by atoms with E-state index in [0.29, 0.717) is 0 Å². The third-order valence-electron chi connectivity index (χ3n) is 3.00. The van der Waals surface area contributed by atoms with Crippen LogP contribution in [-0.2, 0) is 6.42 Å². The molecule has 2 rings (SSSR count). The van der Waals surface area contributed by atoms with E-state index in [1.807, 2.05) is 12.1 Å². The molecule has 1 saturated heterocycles. The van der Waals surface area contributed by atoms with E-state index in [1.54, 1.807) is 7.11 Å². The first-order valence-corrected chi connectivity index (χ1v) is 5.10. The third kappa shape index (κ3) is 1.75. The van der Waals surface area contributed by atoms with Gasteiger partial charge in [-0.05, 0) is 37.9 Å². The van der Waals surface area contributed by atoms with Crippen LogP contribution in [0.4, 0.5) is 0 Å². The molecule has 1 aromatic rings. The van der Waals surface area contributed by atoms with Gasteiger partial charge in [-0.1, -0.05) is 18.2 Å². The van der Waals surface area contributed by atoms with E-state index >= 15 is 0 Å². The summed E-state index contributed by atoms with van der Waals surface area (Å²) in [5.41, 5.74) is 1.58. The molecule has 1 atom stereocenters. The fraction of sp³-hybridized carbons (Fsp3) is 0.500. The van der Waals surface area contributed by atoms with Crippen LogP contribution in [0.5, 0.6) is 5.75 Å². The summed E-state index contributed by atoms with van der Waals surface area (Å²) in [6.07, 6.45) is 2.31. The molecule has 1 unspecified atom stereocenters. The van der Waals surface area contributed by atoms with Gasteiger partial charge in [-0.2, -0.15) is 0 Å². The lowest BCUT2D eigenvalue weighted by molar-refractivity contribution is 0.229. The molecule has 1 fully saturated rings. The van der Waals surface area contributed by atoms with Crippen molar-refractivity contribution in [3.63, 3.8) is 0 Å². The number of benzene rings is 1. The third-order valence-corrected chi connectivity index (χ3v) is 3.00. The Labute approximate surface area is 85.3 Å². The number of para-hydroxylation sites is 1. The van der Waals surface area contributed by atoms with Crippen LogP contribution in [0.25, 0.3) is 0 Å². The molecule has 14 heavy (non-hydrogen) atoms. The Kier molecular flexibility index (Phi) is 2.46. The summed E-state index contributed by atoms with van der Waals surface area (Å²) in [6.45, 7) is 3.41. The highest BCUT2D eigenvalue weighted by Crippen LogP contribution is 2.27. The highest BCUT2D eigenvalue weighted by Gasteiger charge is 2.31. The summed E-state index contributed by atoms with van der Waals surface area (Å²) >= 11 is 0. The van der Waals surface area contributed by atoms with Crippen molar-refractivity contribution in [1.29, 1.82) is 0 Å². The quantitative estimate of drug-likeness (QED) is 0.789. The van der Waals surface area contributed by atoms with Crippen LogP contribution in [0.15, 0.2) is 24.3 Å². The highest BCUT2D eigenvalue weighted by molar-refractivity contribution is 5.34. The van der Waals surface area contributed by atoms with E-state index in [1.165, 1.54) is 12.0 Å². The number of ether oxygens (including phenoxy) is 1. The summed E-state index contributed by atoms with van der Waals surface area (Å²) in [7, 11) is 1.73. The molecule has 1 aliphatic heterocycles. The summed E-state index contributed by atoms with van der Waals surface area (Å²) in [5, 5.41) is 3.47. The van der Waals surface area contributed by atoms with E-state index in [4.69, 9.17) is 4.74 Å². The second-order valence-corrected chi connectivity index (χ2v) is 4.23. The average molecular weight is 191 g/mol. The number of rotatable bonds is 3. The topological polar surface area (TPSA) is 21.3 Å². The molecule has 2 nitrogen and oxygen atoms in total. The molecule has 1 aliphatic rings. The van der Waals surface area contributed by atoms with Crippen LogP contribution >= 0.6 is 0 Å². The van der Waals surface area contributed by atoms with Gasteiger partial charge in [0, 0.05) is 5.54 Å². The predicted octanol–water partition coefficient (Wildman–Crippen LogP) is 1.99. The maximum atomic E-state index is 5.33. The van der Waals surface area contributed by atoms with Crippen molar-refractivity contribution in [3.8, 4) is 5.75 Å². The molecule has 0 bridgehead atoms. The molecule has 0 amide bonds. The van der Waals surface area contributed by atoms with Gasteiger partial charge in [0.25, 0.3) is 0 Å². The molecule has 1 N–H and O–H groups in total. The van der Waals surface area contributed by atoms with Crippen LogP contribution < -0.4 is 10.1 Å². The van der Waals surface area contributed by atoms with Crippen molar-refractivity contribution in [3.05, 3.63) is 29.8 Å². The summed E-state index contributed by atoms with van der Waals surface area (Å²) in [4.78, 5) is 0. The second kappa shape index (κ2) is 3.62. The zero-order valence-corrected chi connectivity index (χ0v) is 8.84. The molecule has 76 valence electrons. The van der Waals surface area contributed by atoms with Gasteiger partial charge < -0.3 is 10.1 Å². The van der Waals surface area contributed by atoms with Crippen LogP contribution in [-0.4, -0.2) is 19.2 Å². The smallest absolute Gasteiger partial charge is 0.122 e. The largest absolute Gasteiger partial charge is 0.496 e. The predicted molar refractivity (Wildman–Crippen MR) is 57.7 cm³/mol. The second-order valence-electron chi connectivity index (χ2n) is 4.23. The Morgan fingerprint density at radius 1 is 1.43 bits per heavy atom. The lowest BCUT2D eigenvalue weighted by Crippen LogP contribution is -2.55. The molecule has 0 saturated carbocycles. The van der Waals surface area contributed by atoms with Gasteiger partial charge in [-0.15, -0.1) is 0 Å². The lowest BCUT2D eigenvalue weighted by atomic mass is 9.83. The zero-order chi connectivity index (χ0) is 10.0. The zero-order valence-electron chi connectivity index (χ0n) is 8.84. The van der Waals surface area contributed by atoms with E-state index in [0.717, 1.165) is 18.7 Å². The number of hydrogen-bond acceptors (Lipinski definition) is 2. The van der Waals surface area contributed by atoms with Crippen molar-refractivity contribution in [1.82, 2.24) is 5.32 Å². The van der Waals surface area contributed by atoms with Crippen molar-refractivity contribution in [2.24, 2.45) is 0 Å². The maximum absolute atomic E-state index is 5.33. The SMILES string of the molecule is COc1ccccc1CC1(C)CCN1. The average Bonchev–Trinajstić information content (AvgIpc) is 2.16. The standard InChI is InChI=1S/C12H17NO/c1-12(7-8-13-12)9-10-5-3-4-6-11(10)14-2/h3-6,13H,7-9H2,1-2H3. The van der Waals surface area contributed by atoms with Gasteiger partial charge in [-0.25, -0.2) is 0 Å². The Morgan fingerprint density at radius 2 is 2.14 bits per heavy atom. The van der Waals surface area contributed by atoms with Crippen LogP contribution in [0, 0.1) is 0 Å². The number of hydrogen-bond donors (Lipinski definition) is 1. The monoisotopic (exact) mass is 191 g/mol. The van der Waals surface area contributed by atoms with Crippen molar-refractivity contribution >= 4 is 0 Å². The molecular formula is C12H17NO. The van der Waals surface area contributed by atoms with Crippen molar-refractivity contribution in [2.45, 2.75) is 25.3 Å². The van der Waals surface area contributed by atoms with E-state index in [9.17, 15) is 0 Å². The van der Waals surface area contributed by atoms with E-state index in [-0.39, 0.29) is 5.54 Å². The Balaban J connectivity index is 2.15. The molecule has 0 spiro atoms. The maximum Gasteiger partial charge on any atom is 0.122 e. The van der Waals surface area contributed by atoms with Gasteiger partial charge in [0.2, 0.25) is 0 Å². The van der Waals surface area contributed by atoms with Crippen LogP contribution in [0.2, 0.25) is 0 Å². The van der Waals surface area contributed by atoms with Gasteiger partial charge in [0.1, 0.15) is 5.75 Å². The molecule has 1 heterocycles. The minimum atomic E-state index is 0.286. The Bertz CT molecular complexity index is 318.